The van der Waals surface area contributed by atoms with E-state index in [1.165, 1.54) is 38.8 Å². The van der Waals surface area contributed by atoms with E-state index < -0.39 is 0 Å². The van der Waals surface area contributed by atoms with Gasteiger partial charge in [-0.1, -0.05) is 20.3 Å². The maximum atomic E-state index is 6.06. The lowest BCUT2D eigenvalue weighted by molar-refractivity contribution is 0.0669. The summed E-state index contributed by atoms with van der Waals surface area (Å²) in [6.45, 7) is 10.5. The molecule has 1 saturated carbocycles. The second-order valence-electron chi connectivity index (χ2n) is 6.05. The Morgan fingerprint density at radius 1 is 1.47 bits per heavy atom. The lowest BCUT2D eigenvalue weighted by Crippen LogP contribution is -2.56. The van der Waals surface area contributed by atoms with Crippen LogP contribution in [0.5, 0.6) is 0 Å². The van der Waals surface area contributed by atoms with Crippen LogP contribution >= 0.6 is 0 Å². The maximum absolute atomic E-state index is 6.06. The van der Waals surface area contributed by atoms with Crippen LogP contribution in [0.25, 0.3) is 0 Å². The molecule has 1 saturated heterocycles. The van der Waals surface area contributed by atoms with Crippen molar-refractivity contribution < 1.29 is 0 Å². The molecule has 2 fully saturated rings. The summed E-state index contributed by atoms with van der Waals surface area (Å²) in [6.07, 6.45) is 5.44. The summed E-state index contributed by atoms with van der Waals surface area (Å²) in [5, 5.41) is 0. The van der Waals surface area contributed by atoms with Crippen molar-refractivity contribution in [2.75, 3.05) is 19.6 Å². The number of rotatable bonds is 4. The first-order chi connectivity index (χ1) is 7.05. The van der Waals surface area contributed by atoms with E-state index in [0.29, 0.717) is 5.41 Å². The fourth-order valence-electron chi connectivity index (χ4n) is 3.10. The molecule has 1 aliphatic heterocycles. The zero-order chi connectivity index (χ0) is 11.1. The van der Waals surface area contributed by atoms with E-state index in [1.54, 1.807) is 0 Å². The Hall–Kier alpha value is -0.0800. The zero-order valence-corrected chi connectivity index (χ0v) is 10.6. The van der Waals surface area contributed by atoms with Crippen LogP contribution in [0.2, 0.25) is 0 Å². The molecule has 2 atom stereocenters. The van der Waals surface area contributed by atoms with Crippen LogP contribution in [-0.2, 0) is 0 Å². The largest absolute Gasteiger partial charge is 0.329 e. The van der Waals surface area contributed by atoms with Crippen LogP contribution in [0, 0.1) is 11.3 Å². The molecule has 0 spiro atoms. The van der Waals surface area contributed by atoms with Crippen molar-refractivity contribution in [3.8, 4) is 0 Å². The van der Waals surface area contributed by atoms with Gasteiger partial charge < -0.3 is 5.73 Å². The maximum Gasteiger partial charge on any atom is 0.0357 e. The topological polar surface area (TPSA) is 29.3 Å². The highest BCUT2D eigenvalue weighted by Gasteiger charge is 2.55. The standard InChI is InChI=1S/C13H26N2/c1-4-11-5-8-15(9-11)13(3,10-14)12(2)6-7-12/h11H,4-10,14H2,1-3H3. The van der Waals surface area contributed by atoms with Gasteiger partial charge in [0.1, 0.15) is 0 Å². The highest BCUT2D eigenvalue weighted by molar-refractivity contribution is 5.10. The summed E-state index contributed by atoms with van der Waals surface area (Å²) in [6, 6.07) is 0. The quantitative estimate of drug-likeness (QED) is 0.771. The molecule has 0 bridgehead atoms. The highest BCUT2D eigenvalue weighted by atomic mass is 15.2. The lowest BCUT2D eigenvalue weighted by Gasteiger charge is -2.43. The minimum atomic E-state index is 0.261. The second-order valence-corrected chi connectivity index (χ2v) is 6.05. The van der Waals surface area contributed by atoms with Crippen molar-refractivity contribution in [2.24, 2.45) is 17.1 Å². The van der Waals surface area contributed by atoms with Crippen LogP contribution in [0.1, 0.15) is 46.5 Å². The number of nitrogens with zero attached hydrogens (tertiary/aromatic N) is 1. The van der Waals surface area contributed by atoms with Gasteiger partial charge in [0, 0.05) is 18.6 Å². The number of likely N-dealkylation sites (tertiary alicyclic amines) is 1. The van der Waals surface area contributed by atoms with E-state index in [-0.39, 0.29) is 5.54 Å². The predicted molar refractivity (Wildman–Crippen MR) is 64.8 cm³/mol. The number of nitrogens with two attached hydrogens (primary N) is 1. The summed E-state index contributed by atoms with van der Waals surface area (Å²) in [7, 11) is 0. The van der Waals surface area contributed by atoms with E-state index in [2.05, 4.69) is 25.7 Å². The van der Waals surface area contributed by atoms with Crippen molar-refractivity contribution in [2.45, 2.75) is 52.0 Å². The molecule has 15 heavy (non-hydrogen) atoms. The Bertz CT molecular complexity index is 235. The molecule has 2 nitrogen and oxygen atoms in total. The molecule has 2 aliphatic rings. The van der Waals surface area contributed by atoms with Crippen molar-refractivity contribution in [3.63, 3.8) is 0 Å². The van der Waals surface area contributed by atoms with Crippen LogP contribution in [-0.4, -0.2) is 30.1 Å². The molecule has 0 amide bonds. The van der Waals surface area contributed by atoms with Crippen molar-refractivity contribution in [1.29, 1.82) is 0 Å². The van der Waals surface area contributed by atoms with Crippen LogP contribution in [0.3, 0.4) is 0 Å². The third kappa shape index (κ3) is 1.72. The molecule has 2 unspecified atom stereocenters. The van der Waals surface area contributed by atoms with Gasteiger partial charge >= 0.3 is 0 Å². The van der Waals surface area contributed by atoms with Gasteiger partial charge in [0.25, 0.3) is 0 Å². The fourth-order valence-corrected chi connectivity index (χ4v) is 3.10. The van der Waals surface area contributed by atoms with E-state index in [9.17, 15) is 0 Å². The second kappa shape index (κ2) is 3.74. The molecule has 0 aromatic rings. The van der Waals surface area contributed by atoms with E-state index in [0.717, 1.165) is 12.5 Å². The van der Waals surface area contributed by atoms with E-state index in [1.807, 2.05) is 0 Å². The third-order valence-corrected chi connectivity index (χ3v) is 5.26. The highest BCUT2D eigenvalue weighted by Crippen LogP contribution is 2.56. The van der Waals surface area contributed by atoms with Gasteiger partial charge in [-0.3, -0.25) is 4.90 Å². The van der Waals surface area contributed by atoms with Gasteiger partial charge in [0.2, 0.25) is 0 Å². The average molecular weight is 210 g/mol. The minimum Gasteiger partial charge on any atom is -0.329 e. The minimum absolute atomic E-state index is 0.261. The van der Waals surface area contributed by atoms with E-state index >= 15 is 0 Å². The Morgan fingerprint density at radius 2 is 2.13 bits per heavy atom. The predicted octanol–water partition coefficient (Wildman–Crippen LogP) is 2.24. The lowest BCUT2D eigenvalue weighted by atomic mass is 9.82. The van der Waals surface area contributed by atoms with Crippen molar-refractivity contribution >= 4 is 0 Å². The van der Waals surface area contributed by atoms with Crippen LogP contribution in [0.15, 0.2) is 0 Å². The third-order valence-electron chi connectivity index (χ3n) is 5.26. The van der Waals surface area contributed by atoms with Gasteiger partial charge in [0.15, 0.2) is 0 Å². The summed E-state index contributed by atoms with van der Waals surface area (Å²) < 4.78 is 0. The van der Waals surface area contributed by atoms with Gasteiger partial charge in [-0.05, 0) is 44.1 Å². The molecule has 0 aromatic heterocycles. The van der Waals surface area contributed by atoms with E-state index in [4.69, 9.17) is 5.73 Å². The van der Waals surface area contributed by atoms with Crippen LogP contribution in [0.4, 0.5) is 0 Å². The molecule has 1 heterocycles. The Labute approximate surface area is 94.2 Å². The summed E-state index contributed by atoms with van der Waals surface area (Å²) in [5.41, 5.74) is 6.82. The first-order valence-corrected chi connectivity index (χ1v) is 6.51. The molecule has 0 aromatic carbocycles. The first kappa shape index (κ1) is 11.4. The first-order valence-electron chi connectivity index (χ1n) is 6.51. The Morgan fingerprint density at radius 3 is 2.53 bits per heavy atom. The van der Waals surface area contributed by atoms with Gasteiger partial charge in [0.05, 0.1) is 0 Å². The fraction of sp³-hybridized carbons (Fsp3) is 1.00. The molecule has 1 aliphatic carbocycles. The molecular formula is C13H26N2. The van der Waals surface area contributed by atoms with Gasteiger partial charge in [-0.15, -0.1) is 0 Å². The Kier molecular flexibility index (Phi) is 2.85. The summed E-state index contributed by atoms with van der Waals surface area (Å²) in [5.74, 6) is 0.915. The Balaban J connectivity index is 2.07. The molecular weight excluding hydrogens is 184 g/mol. The monoisotopic (exact) mass is 210 g/mol. The van der Waals surface area contributed by atoms with Gasteiger partial charge in [-0.2, -0.15) is 0 Å². The molecule has 2 N–H and O–H groups in total. The number of hydrogen-bond acceptors (Lipinski definition) is 2. The van der Waals surface area contributed by atoms with Crippen molar-refractivity contribution in [1.82, 2.24) is 4.90 Å². The summed E-state index contributed by atoms with van der Waals surface area (Å²) in [4.78, 5) is 2.67. The zero-order valence-electron chi connectivity index (χ0n) is 10.6. The molecule has 2 rings (SSSR count). The normalized spacial score (nSPS) is 34.0. The molecule has 0 radical (unpaired) electrons. The number of hydrogen-bond donors (Lipinski definition) is 1. The smallest absolute Gasteiger partial charge is 0.0357 e. The SMILES string of the molecule is CCC1CCN(C(C)(CN)C2(C)CC2)C1. The van der Waals surface area contributed by atoms with Crippen molar-refractivity contribution in [3.05, 3.63) is 0 Å². The van der Waals surface area contributed by atoms with Crippen LogP contribution < -0.4 is 5.73 Å². The summed E-state index contributed by atoms with van der Waals surface area (Å²) >= 11 is 0. The average Bonchev–Trinajstić information content (AvgIpc) is 2.85. The molecule has 2 heteroatoms. The van der Waals surface area contributed by atoms with Gasteiger partial charge in [-0.25, -0.2) is 0 Å². The molecule has 88 valence electrons.